The molecule has 0 saturated carbocycles. The first-order chi connectivity index (χ1) is 9.57. The van der Waals surface area contributed by atoms with Crippen LogP contribution in [0.5, 0.6) is 0 Å². The van der Waals surface area contributed by atoms with Gasteiger partial charge in [-0.05, 0) is 45.6 Å². The fraction of sp³-hybridized carbons (Fsp3) is 0.938. The van der Waals surface area contributed by atoms with Crippen LogP contribution in [0.25, 0.3) is 0 Å². The molecule has 2 rings (SSSR count). The van der Waals surface area contributed by atoms with E-state index in [1.165, 1.54) is 19.3 Å². The van der Waals surface area contributed by atoms with Gasteiger partial charge in [-0.2, -0.15) is 0 Å². The van der Waals surface area contributed by atoms with Gasteiger partial charge in [-0.15, -0.1) is 0 Å². The summed E-state index contributed by atoms with van der Waals surface area (Å²) in [6.07, 6.45) is 8.76. The average molecular weight is 282 g/mol. The predicted octanol–water partition coefficient (Wildman–Crippen LogP) is 2.02. The molecule has 1 N–H and O–H groups in total. The van der Waals surface area contributed by atoms with Crippen LogP contribution >= 0.6 is 0 Å². The Morgan fingerprint density at radius 2 is 1.60 bits per heavy atom. The van der Waals surface area contributed by atoms with Crippen molar-refractivity contribution in [2.24, 2.45) is 0 Å². The van der Waals surface area contributed by atoms with Crippen molar-refractivity contribution in [2.75, 3.05) is 32.7 Å². The van der Waals surface area contributed by atoms with E-state index in [-0.39, 0.29) is 5.91 Å². The Labute approximate surface area is 123 Å². The van der Waals surface area contributed by atoms with Crippen LogP contribution in [-0.2, 0) is 4.79 Å². The molecular weight excluding hydrogens is 252 g/mol. The van der Waals surface area contributed by atoms with E-state index in [0.29, 0.717) is 6.54 Å². The van der Waals surface area contributed by atoms with Crippen LogP contribution in [0.1, 0.15) is 58.3 Å². The van der Waals surface area contributed by atoms with Crippen LogP contribution in [0.3, 0.4) is 0 Å². The Morgan fingerprint density at radius 1 is 0.950 bits per heavy atom. The third-order valence-electron chi connectivity index (χ3n) is 4.72. The van der Waals surface area contributed by atoms with Gasteiger partial charge in [0.05, 0.1) is 12.1 Å². The monoisotopic (exact) mass is 282 g/mol. The number of aliphatic hydroxyl groups is 1. The lowest BCUT2D eigenvalue weighted by atomic mass is 9.98. The molecule has 2 fully saturated rings. The summed E-state index contributed by atoms with van der Waals surface area (Å²) in [7, 11) is 0. The van der Waals surface area contributed by atoms with Crippen molar-refractivity contribution in [1.29, 1.82) is 0 Å². The number of rotatable bonds is 2. The SMILES string of the molecule is CC1(O)CCCN(CC(=O)N2CCCCCCC2)CC1. The third-order valence-corrected chi connectivity index (χ3v) is 4.72. The zero-order chi connectivity index (χ0) is 14.4. The topological polar surface area (TPSA) is 43.8 Å². The minimum Gasteiger partial charge on any atom is -0.390 e. The molecule has 20 heavy (non-hydrogen) atoms. The molecule has 0 aromatic rings. The molecule has 4 nitrogen and oxygen atoms in total. The van der Waals surface area contributed by atoms with E-state index >= 15 is 0 Å². The van der Waals surface area contributed by atoms with Crippen molar-refractivity contribution in [3.05, 3.63) is 0 Å². The third kappa shape index (κ3) is 5.06. The molecule has 0 aromatic heterocycles. The minimum atomic E-state index is -0.543. The van der Waals surface area contributed by atoms with Gasteiger partial charge < -0.3 is 10.0 Å². The summed E-state index contributed by atoms with van der Waals surface area (Å²) in [5.74, 6) is 0.286. The molecule has 2 heterocycles. The lowest BCUT2D eigenvalue weighted by Gasteiger charge is -2.28. The average Bonchev–Trinajstić information content (AvgIpc) is 2.50. The van der Waals surface area contributed by atoms with E-state index < -0.39 is 5.60 Å². The molecule has 2 saturated heterocycles. The summed E-state index contributed by atoms with van der Waals surface area (Å²) in [5.41, 5.74) is -0.543. The number of amides is 1. The van der Waals surface area contributed by atoms with E-state index in [2.05, 4.69) is 9.80 Å². The molecule has 0 spiro atoms. The predicted molar refractivity (Wildman–Crippen MR) is 80.6 cm³/mol. The molecule has 4 heteroatoms. The van der Waals surface area contributed by atoms with E-state index in [4.69, 9.17) is 0 Å². The van der Waals surface area contributed by atoms with Gasteiger partial charge in [0, 0.05) is 19.6 Å². The summed E-state index contributed by atoms with van der Waals surface area (Å²) in [4.78, 5) is 16.7. The zero-order valence-corrected chi connectivity index (χ0v) is 12.9. The Hall–Kier alpha value is -0.610. The van der Waals surface area contributed by atoms with Gasteiger partial charge in [0.25, 0.3) is 0 Å². The summed E-state index contributed by atoms with van der Waals surface area (Å²) in [5, 5.41) is 10.1. The molecule has 2 aliphatic rings. The quantitative estimate of drug-likeness (QED) is 0.842. The zero-order valence-electron chi connectivity index (χ0n) is 12.9. The molecule has 116 valence electrons. The highest BCUT2D eigenvalue weighted by Gasteiger charge is 2.26. The molecular formula is C16H30N2O2. The highest BCUT2D eigenvalue weighted by Crippen LogP contribution is 2.21. The van der Waals surface area contributed by atoms with Crippen molar-refractivity contribution >= 4 is 5.91 Å². The summed E-state index contributed by atoms with van der Waals surface area (Å²) >= 11 is 0. The second-order valence-corrected chi connectivity index (χ2v) is 6.78. The van der Waals surface area contributed by atoms with Gasteiger partial charge in [0.1, 0.15) is 0 Å². The maximum absolute atomic E-state index is 12.4. The highest BCUT2D eigenvalue weighted by atomic mass is 16.3. The van der Waals surface area contributed by atoms with Crippen molar-refractivity contribution in [2.45, 2.75) is 63.9 Å². The largest absolute Gasteiger partial charge is 0.390 e. The molecule has 0 radical (unpaired) electrons. The molecule has 1 atom stereocenters. The van der Waals surface area contributed by atoms with Crippen LogP contribution in [0.15, 0.2) is 0 Å². The van der Waals surface area contributed by atoms with E-state index in [1.807, 2.05) is 6.92 Å². The molecule has 0 bridgehead atoms. The summed E-state index contributed by atoms with van der Waals surface area (Å²) in [6, 6.07) is 0. The van der Waals surface area contributed by atoms with Gasteiger partial charge in [-0.3, -0.25) is 9.69 Å². The smallest absolute Gasteiger partial charge is 0.236 e. The van der Waals surface area contributed by atoms with Gasteiger partial charge >= 0.3 is 0 Å². The molecule has 0 aliphatic carbocycles. The lowest BCUT2D eigenvalue weighted by Crippen LogP contribution is -2.42. The number of hydrogen-bond donors (Lipinski definition) is 1. The number of likely N-dealkylation sites (tertiary alicyclic amines) is 2. The first-order valence-electron chi connectivity index (χ1n) is 8.29. The van der Waals surface area contributed by atoms with Crippen molar-refractivity contribution in [3.63, 3.8) is 0 Å². The summed E-state index contributed by atoms with van der Waals surface area (Å²) in [6.45, 7) is 6.10. The fourth-order valence-corrected chi connectivity index (χ4v) is 3.27. The normalized spacial score (nSPS) is 30.4. The van der Waals surface area contributed by atoms with Crippen molar-refractivity contribution in [1.82, 2.24) is 9.80 Å². The molecule has 2 aliphatic heterocycles. The molecule has 0 aromatic carbocycles. The Morgan fingerprint density at radius 3 is 2.30 bits per heavy atom. The van der Waals surface area contributed by atoms with Gasteiger partial charge in [0.15, 0.2) is 0 Å². The van der Waals surface area contributed by atoms with Crippen LogP contribution in [0.4, 0.5) is 0 Å². The van der Waals surface area contributed by atoms with E-state index in [1.54, 1.807) is 0 Å². The molecule has 1 unspecified atom stereocenters. The number of carbonyl (C=O) groups excluding carboxylic acids is 1. The van der Waals surface area contributed by atoms with Crippen molar-refractivity contribution in [3.8, 4) is 0 Å². The van der Waals surface area contributed by atoms with Crippen LogP contribution < -0.4 is 0 Å². The maximum atomic E-state index is 12.4. The Bertz CT molecular complexity index is 310. The van der Waals surface area contributed by atoms with Crippen molar-refractivity contribution < 1.29 is 9.90 Å². The van der Waals surface area contributed by atoms with Gasteiger partial charge in [0.2, 0.25) is 5.91 Å². The summed E-state index contributed by atoms with van der Waals surface area (Å²) < 4.78 is 0. The lowest BCUT2D eigenvalue weighted by molar-refractivity contribution is -0.132. The van der Waals surface area contributed by atoms with E-state index in [9.17, 15) is 9.90 Å². The second-order valence-electron chi connectivity index (χ2n) is 6.78. The van der Waals surface area contributed by atoms with E-state index in [0.717, 1.165) is 58.3 Å². The van der Waals surface area contributed by atoms with Crippen LogP contribution in [-0.4, -0.2) is 59.1 Å². The minimum absolute atomic E-state index is 0.286. The van der Waals surface area contributed by atoms with Gasteiger partial charge in [-0.25, -0.2) is 0 Å². The first kappa shape index (κ1) is 15.8. The Kier molecular flexibility index (Phi) is 5.85. The second kappa shape index (κ2) is 7.41. The standard InChI is InChI=1S/C16H30N2O2/c1-16(20)8-7-10-17(13-9-16)14-15(19)18-11-5-3-2-4-6-12-18/h20H,2-14H2,1H3. The molecule has 1 amide bonds. The van der Waals surface area contributed by atoms with Gasteiger partial charge in [-0.1, -0.05) is 19.3 Å². The maximum Gasteiger partial charge on any atom is 0.236 e. The number of nitrogens with zero attached hydrogens (tertiary/aromatic N) is 2. The van der Waals surface area contributed by atoms with Crippen LogP contribution in [0.2, 0.25) is 0 Å². The highest BCUT2D eigenvalue weighted by molar-refractivity contribution is 5.78. The first-order valence-corrected chi connectivity index (χ1v) is 8.29. The Balaban J connectivity index is 1.80. The number of hydrogen-bond acceptors (Lipinski definition) is 3. The number of carbonyl (C=O) groups is 1. The van der Waals surface area contributed by atoms with Crippen LogP contribution in [0, 0.1) is 0 Å². The fourth-order valence-electron chi connectivity index (χ4n) is 3.27.